The van der Waals surface area contributed by atoms with Gasteiger partial charge in [0, 0.05) is 38.4 Å². The van der Waals surface area contributed by atoms with Crippen LogP contribution < -0.4 is 10.1 Å². The SMILES string of the molecule is CCOc1ccc(CN2CCN(C(C)C(=O)Nc3ccccc3C)CC2)cc1. The number of rotatable bonds is 7. The lowest BCUT2D eigenvalue weighted by Gasteiger charge is -2.37. The fourth-order valence-corrected chi connectivity index (χ4v) is 3.54. The van der Waals surface area contributed by atoms with Crippen molar-refractivity contribution >= 4 is 11.6 Å². The molecule has 0 aliphatic carbocycles. The topological polar surface area (TPSA) is 44.8 Å². The van der Waals surface area contributed by atoms with E-state index in [4.69, 9.17) is 4.74 Å². The fourth-order valence-electron chi connectivity index (χ4n) is 3.54. The van der Waals surface area contributed by atoms with Crippen molar-refractivity contribution < 1.29 is 9.53 Å². The molecule has 1 aliphatic rings. The molecule has 1 saturated heterocycles. The number of para-hydroxylation sites is 1. The number of hydrogen-bond acceptors (Lipinski definition) is 4. The summed E-state index contributed by atoms with van der Waals surface area (Å²) in [7, 11) is 0. The second-order valence-corrected chi connectivity index (χ2v) is 7.37. The molecule has 0 saturated carbocycles. The Morgan fingerprint density at radius 1 is 1.07 bits per heavy atom. The van der Waals surface area contributed by atoms with Crippen molar-refractivity contribution in [1.29, 1.82) is 0 Å². The van der Waals surface area contributed by atoms with Crippen molar-refractivity contribution in [2.75, 3.05) is 38.1 Å². The van der Waals surface area contributed by atoms with Crippen LogP contribution in [0.1, 0.15) is 25.0 Å². The first-order valence-electron chi connectivity index (χ1n) is 10.1. The molecule has 0 aromatic heterocycles. The van der Waals surface area contributed by atoms with E-state index in [0.717, 1.165) is 49.7 Å². The number of carbonyl (C=O) groups excluding carboxylic acids is 1. The van der Waals surface area contributed by atoms with Gasteiger partial charge in [-0.1, -0.05) is 30.3 Å². The lowest BCUT2D eigenvalue weighted by molar-refractivity contribution is -0.121. The highest BCUT2D eigenvalue weighted by molar-refractivity contribution is 5.95. The molecule has 1 fully saturated rings. The molecule has 150 valence electrons. The van der Waals surface area contributed by atoms with Gasteiger partial charge in [0.25, 0.3) is 0 Å². The zero-order valence-electron chi connectivity index (χ0n) is 17.1. The quantitative estimate of drug-likeness (QED) is 0.797. The Balaban J connectivity index is 1.47. The van der Waals surface area contributed by atoms with Crippen LogP contribution in [0.25, 0.3) is 0 Å². The zero-order valence-corrected chi connectivity index (χ0v) is 17.1. The Bertz CT molecular complexity index is 768. The van der Waals surface area contributed by atoms with Crippen molar-refractivity contribution in [3.05, 3.63) is 59.7 Å². The minimum absolute atomic E-state index is 0.0641. The minimum Gasteiger partial charge on any atom is -0.494 e. The smallest absolute Gasteiger partial charge is 0.241 e. The number of nitrogens with one attached hydrogen (secondary N) is 1. The van der Waals surface area contributed by atoms with E-state index in [1.165, 1.54) is 5.56 Å². The Kier molecular flexibility index (Phi) is 7.06. The molecule has 28 heavy (non-hydrogen) atoms. The Labute approximate surface area is 168 Å². The first-order chi connectivity index (χ1) is 13.6. The molecule has 1 amide bonds. The number of anilines is 1. The number of nitrogens with zero attached hydrogens (tertiary/aromatic N) is 2. The Morgan fingerprint density at radius 2 is 1.75 bits per heavy atom. The molecule has 1 aliphatic heterocycles. The highest BCUT2D eigenvalue weighted by Gasteiger charge is 2.25. The number of piperazine rings is 1. The van der Waals surface area contributed by atoms with Crippen molar-refractivity contribution in [3.8, 4) is 5.75 Å². The third kappa shape index (κ3) is 5.33. The zero-order chi connectivity index (χ0) is 19.9. The van der Waals surface area contributed by atoms with Crippen molar-refractivity contribution in [3.63, 3.8) is 0 Å². The highest BCUT2D eigenvalue weighted by atomic mass is 16.5. The molecule has 2 aromatic carbocycles. The third-order valence-corrected chi connectivity index (χ3v) is 5.38. The Hall–Kier alpha value is -2.37. The van der Waals surface area contributed by atoms with Crippen LogP contribution >= 0.6 is 0 Å². The van der Waals surface area contributed by atoms with Crippen LogP contribution in [-0.4, -0.2) is 54.5 Å². The average Bonchev–Trinajstić information content (AvgIpc) is 2.71. The summed E-state index contributed by atoms with van der Waals surface area (Å²) < 4.78 is 5.51. The summed E-state index contributed by atoms with van der Waals surface area (Å²) in [5.41, 5.74) is 3.28. The van der Waals surface area contributed by atoms with Crippen molar-refractivity contribution in [2.24, 2.45) is 0 Å². The summed E-state index contributed by atoms with van der Waals surface area (Å²) in [6.45, 7) is 11.4. The molecular formula is C23H31N3O2. The summed E-state index contributed by atoms with van der Waals surface area (Å²) in [5.74, 6) is 0.985. The maximum absolute atomic E-state index is 12.6. The van der Waals surface area contributed by atoms with Crippen molar-refractivity contribution in [1.82, 2.24) is 9.80 Å². The minimum atomic E-state index is -0.132. The maximum Gasteiger partial charge on any atom is 0.241 e. The summed E-state index contributed by atoms with van der Waals surface area (Å²) in [6.07, 6.45) is 0. The van der Waals surface area contributed by atoms with Gasteiger partial charge in [-0.25, -0.2) is 0 Å². The molecular weight excluding hydrogens is 350 g/mol. The van der Waals surface area contributed by atoms with Crippen LogP contribution in [-0.2, 0) is 11.3 Å². The predicted octanol–water partition coefficient (Wildman–Crippen LogP) is 3.54. The van der Waals surface area contributed by atoms with Gasteiger partial charge in [-0.3, -0.25) is 14.6 Å². The van der Waals surface area contributed by atoms with Crippen LogP contribution in [0.2, 0.25) is 0 Å². The highest BCUT2D eigenvalue weighted by Crippen LogP contribution is 2.17. The predicted molar refractivity (Wildman–Crippen MR) is 114 cm³/mol. The van der Waals surface area contributed by atoms with Gasteiger partial charge in [0.2, 0.25) is 5.91 Å². The number of amides is 1. The van der Waals surface area contributed by atoms with Crippen LogP contribution in [0.15, 0.2) is 48.5 Å². The van der Waals surface area contributed by atoms with Crippen LogP contribution in [0.3, 0.4) is 0 Å². The molecule has 1 heterocycles. The molecule has 5 heteroatoms. The van der Waals surface area contributed by atoms with Gasteiger partial charge >= 0.3 is 0 Å². The molecule has 0 radical (unpaired) electrons. The standard InChI is InChI=1S/C23H31N3O2/c1-4-28-21-11-9-20(10-12-21)17-25-13-15-26(16-14-25)19(3)23(27)24-22-8-6-5-7-18(22)2/h5-12,19H,4,13-17H2,1-3H3,(H,24,27). The van der Waals surface area contributed by atoms with Gasteiger partial charge in [0.1, 0.15) is 5.75 Å². The van der Waals surface area contributed by atoms with E-state index in [-0.39, 0.29) is 11.9 Å². The second kappa shape index (κ2) is 9.71. The van der Waals surface area contributed by atoms with E-state index in [1.54, 1.807) is 0 Å². The van der Waals surface area contributed by atoms with Gasteiger partial charge in [-0.15, -0.1) is 0 Å². The normalized spacial score (nSPS) is 16.5. The average molecular weight is 382 g/mol. The van der Waals surface area contributed by atoms with E-state index in [2.05, 4.69) is 27.2 Å². The van der Waals surface area contributed by atoms with E-state index in [0.29, 0.717) is 6.61 Å². The van der Waals surface area contributed by atoms with Gasteiger partial charge < -0.3 is 10.1 Å². The molecule has 1 atom stereocenters. The molecule has 1 N–H and O–H groups in total. The van der Waals surface area contributed by atoms with E-state index in [1.807, 2.05) is 57.2 Å². The largest absolute Gasteiger partial charge is 0.494 e. The summed E-state index contributed by atoms with van der Waals surface area (Å²) in [4.78, 5) is 17.4. The first-order valence-corrected chi connectivity index (χ1v) is 10.1. The molecule has 3 rings (SSSR count). The van der Waals surface area contributed by atoms with E-state index >= 15 is 0 Å². The van der Waals surface area contributed by atoms with Crippen LogP contribution in [0, 0.1) is 6.92 Å². The van der Waals surface area contributed by atoms with Crippen LogP contribution in [0.4, 0.5) is 5.69 Å². The summed E-state index contributed by atoms with van der Waals surface area (Å²) >= 11 is 0. The van der Waals surface area contributed by atoms with Gasteiger partial charge in [-0.05, 0) is 50.1 Å². The number of aryl methyl sites for hydroxylation is 1. The molecule has 1 unspecified atom stereocenters. The molecule has 0 bridgehead atoms. The summed E-state index contributed by atoms with van der Waals surface area (Å²) in [5, 5.41) is 3.07. The van der Waals surface area contributed by atoms with E-state index < -0.39 is 0 Å². The number of benzene rings is 2. The lowest BCUT2D eigenvalue weighted by atomic mass is 10.1. The number of carbonyl (C=O) groups is 1. The molecule has 5 nitrogen and oxygen atoms in total. The Morgan fingerprint density at radius 3 is 2.39 bits per heavy atom. The first kappa shape index (κ1) is 20.4. The number of ether oxygens (including phenoxy) is 1. The van der Waals surface area contributed by atoms with Gasteiger partial charge in [0.15, 0.2) is 0 Å². The maximum atomic E-state index is 12.6. The van der Waals surface area contributed by atoms with Gasteiger partial charge in [0.05, 0.1) is 12.6 Å². The fraction of sp³-hybridized carbons (Fsp3) is 0.435. The molecule has 0 spiro atoms. The lowest BCUT2D eigenvalue weighted by Crippen LogP contribution is -2.52. The number of hydrogen-bond donors (Lipinski definition) is 1. The van der Waals surface area contributed by atoms with Gasteiger partial charge in [-0.2, -0.15) is 0 Å². The van der Waals surface area contributed by atoms with E-state index in [9.17, 15) is 4.79 Å². The molecule has 2 aromatic rings. The second-order valence-electron chi connectivity index (χ2n) is 7.37. The van der Waals surface area contributed by atoms with Crippen LogP contribution in [0.5, 0.6) is 5.75 Å². The monoisotopic (exact) mass is 381 g/mol. The summed E-state index contributed by atoms with van der Waals surface area (Å²) in [6, 6.07) is 16.1. The third-order valence-electron chi connectivity index (χ3n) is 5.38. The van der Waals surface area contributed by atoms with Crippen molar-refractivity contribution in [2.45, 2.75) is 33.4 Å².